The summed E-state index contributed by atoms with van der Waals surface area (Å²) in [5.74, 6) is -3.38. The predicted octanol–water partition coefficient (Wildman–Crippen LogP) is 2.05. The number of carbonyl (C=O) groups excluding carboxylic acids is 1. The van der Waals surface area contributed by atoms with Crippen LogP contribution >= 0.6 is 11.3 Å². The maximum absolute atomic E-state index is 12.4. The summed E-state index contributed by atoms with van der Waals surface area (Å²) in [5.41, 5.74) is 0.759. The van der Waals surface area contributed by atoms with Gasteiger partial charge in [-0.2, -0.15) is 0 Å². The lowest BCUT2D eigenvalue weighted by atomic mass is 9.78. The van der Waals surface area contributed by atoms with E-state index in [0.717, 1.165) is 4.88 Å². The van der Waals surface area contributed by atoms with Crippen LogP contribution in [-0.2, 0) is 23.8 Å². The number of aliphatic imine (C=N–C) groups is 1. The zero-order valence-corrected chi connectivity index (χ0v) is 14.6. The molecule has 1 aromatic rings. The van der Waals surface area contributed by atoms with E-state index < -0.39 is 30.1 Å². The fourth-order valence-electron chi connectivity index (χ4n) is 2.82. The summed E-state index contributed by atoms with van der Waals surface area (Å²) in [6.45, 7) is 1.62. The van der Waals surface area contributed by atoms with Crippen LogP contribution in [0.4, 0.5) is 0 Å². The molecule has 0 aliphatic carbocycles. The van der Waals surface area contributed by atoms with E-state index in [2.05, 4.69) is 4.99 Å². The number of carboxylic acids is 1. The Labute approximate surface area is 143 Å². The Morgan fingerprint density at radius 1 is 1.29 bits per heavy atom. The third-order valence-corrected chi connectivity index (χ3v) is 4.80. The molecular weight excluding hydrogens is 334 g/mol. The van der Waals surface area contributed by atoms with Crippen LogP contribution in [0.25, 0.3) is 0 Å². The normalized spacial score (nSPS) is 21.0. The average Bonchev–Trinajstić information content (AvgIpc) is 3.08. The van der Waals surface area contributed by atoms with Crippen LogP contribution < -0.4 is 0 Å². The van der Waals surface area contributed by atoms with Crippen molar-refractivity contribution in [3.63, 3.8) is 0 Å². The van der Waals surface area contributed by atoms with Gasteiger partial charge in [0.2, 0.25) is 6.29 Å². The molecule has 2 unspecified atom stereocenters. The molecule has 1 N–H and O–H groups in total. The quantitative estimate of drug-likeness (QED) is 0.621. The number of thiophene rings is 1. The van der Waals surface area contributed by atoms with Crippen molar-refractivity contribution in [1.82, 2.24) is 0 Å². The van der Waals surface area contributed by atoms with Gasteiger partial charge in [-0.05, 0) is 18.4 Å². The summed E-state index contributed by atoms with van der Waals surface area (Å²) >= 11 is 1.37. The molecule has 0 amide bonds. The Morgan fingerprint density at radius 2 is 1.96 bits per heavy atom. The summed E-state index contributed by atoms with van der Waals surface area (Å²) in [4.78, 5) is 29.3. The molecule has 0 aromatic carbocycles. The summed E-state index contributed by atoms with van der Waals surface area (Å²) in [6, 6.07) is 3.59. The monoisotopic (exact) mass is 353 g/mol. The van der Waals surface area contributed by atoms with Gasteiger partial charge in [0.05, 0.1) is 12.7 Å². The third-order valence-electron chi connectivity index (χ3n) is 3.84. The Hall–Kier alpha value is -2.03. The highest BCUT2D eigenvalue weighted by molar-refractivity contribution is 7.10. The van der Waals surface area contributed by atoms with E-state index in [1.54, 1.807) is 19.1 Å². The van der Waals surface area contributed by atoms with Crippen molar-refractivity contribution >= 4 is 29.0 Å². The SMILES string of the molecule is COC(=O)C1=C(C(OC)OC)N=C(C)C(C(=O)O)C1c1cccs1. The lowest BCUT2D eigenvalue weighted by Crippen LogP contribution is -2.37. The summed E-state index contributed by atoms with van der Waals surface area (Å²) in [6.07, 6.45) is -0.897. The van der Waals surface area contributed by atoms with Crippen LogP contribution in [0.15, 0.2) is 33.8 Å². The van der Waals surface area contributed by atoms with E-state index in [4.69, 9.17) is 14.2 Å². The van der Waals surface area contributed by atoms with Gasteiger partial charge in [0, 0.05) is 30.7 Å². The van der Waals surface area contributed by atoms with Crippen molar-refractivity contribution in [3.8, 4) is 0 Å². The molecular formula is C16H19NO6S. The minimum absolute atomic E-state index is 0.145. The number of methoxy groups -OCH3 is 3. The fraction of sp³-hybridized carbons (Fsp3) is 0.438. The van der Waals surface area contributed by atoms with Crippen molar-refractivity contribution in [1.29, 1.82) is 0 Å². The number of esters is 1. The van der Waals surface area contributed by atoms with E-state index in [1.807, 2.05) is 5.38 Å². The first-order valence-corrected chi connectivity index (χ1v) is 8.03. The molecule has 0 saturated carbocycles. The average molecular weight is 353 g/mol. The number of carbonyl (C=O) groups is 2. The van der Waals surface area contributed by atoms with Crippen LogP contribution in [0.2, 0.25) is 0 Å². The highest BCUT2D eigenvalue weighted by atomic mass is 32.1. The molecule has 2 rings (SSSR count). The number of carboxylic acid groups (broad SMARTS) is 1. The second-order valence-electron chi connectivity index (χ2n) is 5.16. The van der Waals surface area contributed by atoms with Gasteiger partial charge in [-0.1, -0.05) is 6.07 Å². The highest BCUT2D eigenvalue weighted by Crippen LogP contribution is 2.42. The second kappa shape index (κ2) is 7.69. The van der Waals surface area contributed by atoms with Crippen molar-refractivity contribution in [2.24, 2.45) is 10.9 Å². The van der Waals surface area contributed by atoms with E-state index in [-0.39, 0.29) is 11.3 Å². The number of rotatable bonds is 6. The molecule has 2 atom stereocenters. The summed E-state index contributed by atoms with van der Waals surface area (Å²) in [7, 11) is 4.09. The van der Waals surface area contributed by atoms with Crippen molar-refractivity contribution in [2.75, 3.05) is 21.3 Å². The molecule has 0 fully saturated rings. The van der Waals surface area contributed by atoms with E-state index in [1.165, 1.54) is 32.7 Å². The number of hydrogen-bond acceptors (Lipinski definition) is 7. The molecule has 0 radical (unpaired) electrons. The van der Waals surface area contributed by atoms with Gasteiger partial charge in [0.25, 0.3) is 0 Å². The molecule has 8 heteroatoms. The van der Waals surface area contributed by atoms with Crippen LogP contribution in [0.5, 0.6) is 0 Å². The first-order valence-electron chi connectivity index (χ1n) is 7.15. The molecule has 0 saturated heterocycles. The lowest BCUT2D eigenvalue weighted by Gasteiger charge is -2.31. The summed E-state index contributed by atoms with van der Waals surface area (Å²) in [5, 5.41) is 11.5. The third kappa shape index (κ3) is 3.26. The second-order valence-corrected chi connectivity index (χ2v) is 6.14. The Kier molecular flexibility index (Phi) is 5.87. The van der Waals surface area contributed by atoms with Gasteiger partial charge in [-0.15, -0.1) is 11.3 Å². The van der Waals surface area contributed by atoms with Gasteiger partial charge in [-0.3, -0.25) is 9.79 Å². The van der Waals surface area contributed by atoms with Crippen LogP contribution in [0, 0.1) is 5.92 Å². The molecule has 1 aliphatic heterocycles. The van der Waals surface area contributed by atoms with Crippen molar-refractivity contribution < 1.29 is 28.9 Å². The molecule has 130 valence electrons. The van der Waals surface area contributed by atoms with E-state index >= 15 is 0 Å². The zero-order valence-electron chi connectivity index (χ0n) is 13.8. The van der Waals surface area contributed by atoms with Crippen molar-refractivity contribution in [3.05, 3.63) is 33.7 Å². The molecule has 1 aliphatic rings. The zero-order chi connectivity index (χ0) is 17.9. The topological polar surface area (TPSA) is 94.4 Å². The maximum atomic E-state index is 12.4. The number of ether oxygens (including phenoxy) is 3. The molecule has 1 aromatic heterocycles. The molecule has 0 bridgehead atoms. The predicted molar refractivity (Wildman–Crippen MR) is 88.1 cm³/mol. The first kappa shape index (κ1) is 18.3. The smallest absolute Gasteiger partial charge is 0.336 e. The molecule has 2 heterocycles. The van der Waals surface area contributed by atoms with E-state index in [0.29, 0.717) is 5.71 Å². The maximum Gasteiger partial charge on any atom is 0.336 e. The van der Waals surface area contributed by atoms with Crippen LogP contribution in [0.3, 0.4) is 0 Å². The molecule has 0 spiro atoms. The van der Waals surface area contributed by atoms with Gasteiger partial charge >= 0.3 is 11.9 Å². The van der Waals surface area contributed by atoms with Gasteiger partial charge in [-0.25, -0.2) is 4.79 Å². The number of hydrogen-bond donors (Lipinski definition) is 1. The molecule has 24 heavy (non-hydrogen) atoms. The number of nitrogens with zero attached hydrogens (tertiary/aromatic N) is 1. The fourth-order valence-corrected chi connectivity index (χ4v) is 3.70. The van der Waals surface area contributed by atoms with Gasteiger partial charge in [0.1, 0.15) is 11.6 Å². The lowest BCUT2D eigenvalue weighted by molar-refractivity contribution is -0.140. The Balaban J connectivity index is 2.73. The van der Waals surface area contributed by atoms with Crippen LogP contribution in [-0.4, -0.2) is 50.4 Å². The number of aliphatic carboxylic acids is 1. The molecule has 7 nitrogen and oxygen atoms in total. The standard InChI is InChI=1S/C16H19NO6S/c1-8-10(14(18)19)11(9-6-5-7-24-9)12(15(20)21-2)13(17-8)16(22-3)23-4/h5-7,10-11,16H,1-4H3,(H,18,19). The largest absolute Gasteiger partial charge is 0.481 e. The highest BCUT2D eigenvalue weighted by Gasteiger charge is 2.44. The minimum Gasteiger partial charge on any atom is -0.481 e. The van der Waals surface area contributed by atoms with E-state index in [9.17, 15) is 14.7 Å². The van der Waals surface area contributed by atoms with Crippen LogP contribution in [0.1, 0.15) is 17.7 Å². The minimum atomic E-state index is -1.05. The first-order chi connectivity index (χ1) is 11.5. The summed E-state index contributed by atoms with van der Waals surface area (Å²) < 4.78 is 15.4. The van der Waals surface area contributed by atoms with Gasteiger partial charge < -0.3 is 19.3 Å². The van der Waals surface area contributed by atoms with Crippen molar-refractivity contribution in [2.45, 2.75) is 19.1 Å². The van der Waals surface area contributed by atoms with Gasteiger partial charge in [0.15, 0.2) is 0 Å². The Morgan fingerprint density at radius 3 is 2.42 bits per heavy atom. The Bertz CT molecular complexity index is 675.